The fourth-order valence-electron chi connectivity index (χ4n) is 3.21. The van der Waals surface area contributed by atoms with Gasteiger partial charge in [-0.1, -0.05) is 28.9 Å². The van der Waals surface area contributed by atoms with Crippen molar-refractivity contribution >= 4 is 17.5 Å². The topological polar surface area (TPSA) is 121 Å². The third-order valence-corrected chi connectivity index (χ3v) is 4.86. The van der Waals surface area contributed by atoms with Gasteiger partial charge in [0.1, 0.15) is 35.9 Å². The highest BCUT2D eigenvalue weighted by Gasteiger charge is 2.48. The number of aromatic nitrogens is 3. The molecule has 156 valence electrons. The van der Waals surface area contributed by atoms with Crippen molar-refractivity contribution in [3.63, 3.8) is 0 Å². The molecule has 1 aromatic carbocycles. The summed E-state index contributed by atoms with van der Waals surface area (Å²) in [4.78, 5) is 13.2. The van der Waals surface area contributed by atoms with E-state index in [1.54, 1.807) is 6.07 Å². The van der Waals surface area contributed by atoms with Gasteiger partial charge in [-0.05, 0) is 12.1 Å². The zero-order chi connectivity index (χ0) is 21.1. The fourth-order valence-corrected chi connectivity index (χ4v) is 3.32. The van der Waals surface area contributed by atoms with Crippen LogP contribution in [0, 0.1) is 5.82 Å². The lowest BCUT2D eigenvalue weighted by Gasteiger charge is -2.44. The molecule has 1 aliphatic rings. The Morgan fingerprint density at radius 3 is 2.83 bits per heavy atom. The number of hydrogen-bond acceptors (Lipinski definition) is 7. The Morgan fingerprint density at radius 2 is 2.17 bits per heavy atom. The van der Waals surface area contributed by atoms with Gasteiger partial charge in [0.25, 0.3) is 0 Å². The molecule has 1 aliphatic heterocycles. The number of halogens is 2. The van der Waals surface area contributed by atoms with Crippen LogP contribution in [-0.4, -0.2) is 79.3 Å². The van der Waals surface area contributed by atoms with Crippen LogP contribution in [0.5, 0.6) is 0 Å². The molecular formula is C18H20ClFN4O5. The second kappa shape index (κ2) is 8.97. The van der Waals surface area contributed by atoms with Crippen molar-refractivity contribution in [2.24, 2.45) is 0 Å². The third-order valence-electron chi connectivity index (χ3n) is 4.74. The van der Waals surface area contributed by atoms with E-state index in [1.165, 1.54) is 36.1 Å². The molecule has 29 heavy (non-hydrogen) atoms. The number of carbonyl (C=O) groups excluding carboxylic acids is 1. The number of rotatable bonds is 5. The molecule has 11 heteroatoms. The van der Waals surface area contributed by atoms with Gasteiger partial charge in [-0.3, -0.25) is 4.79 Å². The third kappa shape index (κ3) is 4.31. The maximum atomic E-state index is 13.5. The fraction of sp³-hybridized carbons (Fsp3) is 0.389. The molecule has 0 radical (unpaired) electrons. The van der Waals surface area contributed by atoms with Gasteiger partial charge in [0.05, 0.1) is 12.8 Å². The molecule has 1 aromatic heterocycles. The Hall–Kier alpha value is -2.37. The largest absolute Gasteiger partial charge is 0.394 e. The summed E-state index contributed by atoms with van der Waals surface area (Å²) < 4.78 is 20.2. The number of benzene rings is 1. The van der Waals surface area contributed by atoms with Gasteiger partial charge in [-0.15, -0.1) is 5.10 Å². The first kappa shape index (κ1) is 21.3. The average Bonchev–Trinajstić information content (AvgIpc) is 3.18. The number of aliphatic hydroxyl groups is 3. The monoisotopic (exact) mass is 426 g/mol. The summed E-state index contributed by atoms with van der Waals surface area (Å²) in [5.74, 6) is -0.994. The van der Waals surface area contributed by atoms with Crippen LogP contribution in [-0.2, 0) is 9.53 Å². The number of amides is 1. The first-order chi connectivity index (χ1) is 13.9. The lowest BCUT2D eigenvalue weighted by Crippen LogP contribution is -2.61. The van der Waals surface area contributed by atoms with E-state index in [0.717, 1.165) is 16.5 Å². The summed E-state index contributed by atoms with van der Waals surface area (Å²) in [7, 11) is 1.38. The van der Waals surface area contributed by atoms with Gasteiger partial charge in [0, 0.05) is 24.2 Å². The molecule has 0 unspecified atom stereocenters. The molecule has 5 atom stereocenters. The average molecular weight is 427 g/mol. The predicted molar refractivity (Wildman–Crippen MR) is 100.0 cm³/mol. The molecule has 0 bridgehead atoms. The normalized spacial score (nSPS) is 27.3. The number of nitrogens with zero attached hydrogens (tertiary/aromatic N) is 4. The zero-order valence-electron chi connectivity index (χ0n) is 15.3. The van der Waals surface area contributed by atoms with Crippen molar-refractivity contribution in [2.45, 2.75) is 30.6 Å². The molecule has 3 rings (SSSR count). The number of carbonyl (C=O) groups is 1. The highest BCUT2D eigenvalue weighted by molar-refractivity contribution is 6.26. The van der Waals surface area contributed by atoms with Gasteiger partial charge in [0.2, 0.25) is 5.91 Å². The second-order valence-electron chi connectivity index (χ2n) is 6.56. The van der Waals surface area contributed by atoms with Crippen LogP contribution in [0.4, 0.5) is 4.39 Å². The Labute approximate surface area is 170 Å². The molecule has 2 aromatic rings. The molecule has 1 saturated heterocycles. The van der Waals surface area contributed by atoms with Gasteiger partial charge >= 0.3 is 0 Å². The van der Waals surface area contributed by atoms with E-state index in [-0.39, 0.29) is 0 Å². The smallest absolute Gasteiger partial charge is 0.249 e. The van der Waals surface area contributed by atoms with Gasteiger partial charge in [-0.25, -0.2) is 9.07 Å². The summed E-state index contributed by atoms with van der Waals surface area (Å²) in [6.45, 7) is -0.556. The van der Waals surface area contributed by atoms with Crippen molar-refractivity contribution in [2.75, 3.05) is 13.7 Å². The van der Waals surface area contributed by atoms with E-state index in [4.69, 9.17) is 16.3 Å². The molecule has 0 saturated carbocycles. The highest BCUT2D eigenvalue weighted by atomic mass is 35.5. The van der Waals surface area contributed by atoms with Gasteiger partial charge in [0.15, 0.2) is 6.23 Å². The van der Waals surface area contributed by atoms with E-state index < -0.39 is 48.9 Å². The maximum Gasteiger partial charge on any atom is 0.249 e. The van der Waals surface area contributed by atoms with Crippen LogP contribution in [0.25, 0.3) is 11.3 Å². The molecule has 2 heterocycles. The van der Waals surface area contributed by atoms with Crippen molar-refractivity contribution in [3.8, 4) is 11.3 Å². The molecular weight excluding hydrogens is 407 g/mol. The SMILES string of the molecule is CN(C(=O)/C=C/Cl)[C@@H]1O[C@H](CO)[C@H](O)[C@H](n2cc(-c3cccc(F)c3)nn2)[C@H]1O. The summed E-state index contributed by atoms with van der Waals surface area (Å²) in [5, 5.41) is 38.9. The summed E-state index contributed by atoms with van der Waals surface area (Å²) >= 11 is 5.43. The van der Waals surface area contributed by atoms with Crippen LogP contribution >= 0.6 is 11.6 Å². The van der Waals surface area contributed by atoms with Crippen LogP contribution in [0.15, 0.2) is 42.1 Å². The quantitative estimate of drug-likeness (QED) is 0.587. The van der Waals surface area contributed by atoms with Crippen molar-refractivity contribution in [1.29, 1.82) is 0 Å². The number of likely N-dealkylation sites (N-methyl/N-ethyl adjacent to an activating group) is 1. The molecule has 0 spiro atoms. The number of aliphatic hydroxyl groups excluding tert-OH is 3. The number of hydrogen-bond donors (Lipinski definition) is 3. The Kier molecular flexibility index (Phi) is 6.60. The maximum absolute atomic E-state index is 13.5. The summed E-state index contributed by atoms with van der Waals surface area (Å²) in [6.07, 6.45) is -2.53. The first-order valence-electron chi connectivity index (χ1n) is 8.71. The molecule has 0 aliphatic carbocycles. The Balaban J connectivity index is 1.93. The zero-order valence-corrected chi connectivity index (χ0v) is 16.1. The molecule has 3 N–H and O–H groups in total. The van der Waals surface area contributed by atoms with Crippen molar-refractivity contribution < 1.29 is 29.2 Å². The lowest BCUT2D eigenvalue weighted by atomic mass is 9.95. The molecule has 1 fully saturated rings. The van der Waals surface area contributed by atoms with Crippen LogP contribution < -0.4 is 0 Å². The second-order valence-corrected chi connectivity index (χ2v) is 6.81. The minimum Gasteiger partial charge on any atom is -0.394 e. The van der Waals surface area contributed by atoms with Crippen LogP contribution in [0.2, 0.25) is 0 Å². The lowest BCUT2D eigenvalue weighted by molar-refractivity contribution is -0.240. The summed E-state index contributed by atoms with van der Waals surface area (Å²) in [5.41, 5.74) is 1.80. The molecule has 9 nitrogen and oxygen atoms in total. The van der Waals surface area contributed by atoms with E-state index in [2.05, 4.69) is 10.3 Å². The predicted octanol–water partition coefficient (Wildman–Crippen LogP) is 0.275. The number of ether oxygens (including phenoxy) is 1. The van der Waals surface area contributed by atoms with Crippen LogP contribution in [0.3, 0.4) is 0 Å². The van der Waals surface area contributed by atoms with Gasteiger partial charge in [-0.2, -0.15) is 0 Å². The van der Waals surface area contributed by atoms with E-state index in [1.807, 2.05) is 0 Å². The standard InChI is InChI=1S/C18H20ClFN4O5/c1-23(14(26)5-6-19)18-17(28)15(16(27)13(9-25)29-18)24-8-12(21-22-24)10-3-2-4-11(20)7-10/h2-8,13,15-18,25,27-28H,9H2,1H3/b6-5+/t13-,15+,16+,17-,18-/m1/s1. The van der Waals surface area contributed by atoms with E-state index in [9.17, 15) is 24.5 Å². The van der Waals surface area contributed by atoms with Crippen molar-refractivity contribution in [1.82, 2.24) is 19.9 Å². The van der Waals surface area contributed by atoms with E-state index in [0.29, 0.717) is 11.3 Å². The highest BCUT2D eigenvalue weighted by Crippen LogP contribution is 2.32. The van der Waals surface area contributed by atoms with Gasteiger partial charge < -0.3 is 25.0 Å². The minimum atomic E-state index is -1.41. The first-order valence-corrected chi connectivity index (χ1v) is 9.14. The summed E-state index contributed by atoms with van der Waals surface area (Å²) in [6, 6.07) is 4.63. The molecule has 1 amide bonds. The Bertz CT molecular complexity index is 895. The Morgan fingerprint density at radius 1 is 1.41 bits per heavy atom. The minimum absolute atomic E-state index is 0.321. The van der Waals surface area contributed by atoms with E-state index >= 15 is 0 Å². The van der Waals surface area contributed by atoms with Crippen LogP contribution in [0.1, 0.15) is 6.04 Å². The van der Waals surface area contributed by atoms with Crippen molar-refractivity contribution in [3.05, 3.63) is 47.9 Å².